The molecule has 2 N–H and O–H groups in total. The fourth-order valence-corrected chi connectivity index (χ4v) is 2.51. The van der Waals surface area contributed by atoms with Gasteiger partial charge in [-0.1, -0.05) is 11.6 Å². The van der Waals surface area contributed by atoms with Crippen molar-refractivity contribution in [1.82, 2.24) is 34.9 Å². The SMILES string of the molecule is COCCn1ncc(Nc2nc(-c3cocn3)nc3cn[nH]c23)c1Cl. The largest absolute Gasteiger partial charge is 0.451 e. The predicted molar refractivity (Wildman–Crippen MR) is 89.6 cm³/mol. The Bertz CT molecular complexity index is 994. The monoisotopic (exact) mass is 360 g/mol. The number of halogens is 1. The van der Waals surface area contributed by atoms with Crippen molar-refractivity contribution in [3.63, 3.8) is 0 Å². The van der Waals surface area contributed by atoms with Crippen molar-refractivity contribution in [2.24, 2.45) is 0 Å². The number of fused-ring (bicyclic) bond motifs is 1. The highest BCUT2D eigenvalue weighted by Gasteiger charge is 2.15. The van der Waals surface area contributed by atoms with Gasteiger partial charge in [0.2, 0.25) is 0 Å². The van der Waals surface area contributed by atoms with Crippen LogP contribution in [0.1, 0.15) is 0 Å². The number of aromatic amines is 1. The molecule has 4 aromatic rings. The fraction of sp³-hybridized carbons (Fsp3) is 0.214. The van der Waals surface area contributed by atoms with Gasteiger partial charge in [-0.25, -0.2) is 19.6 Å². The summed E-state index contributed by atoms with van der Waals surface area (Å²) < 4.78 is 11.7. The predicted octanol–water partition coefficient (Wildman–Crippen LogP) is 2.25. The zero-order chi connectivity index (χ0) is 17.2. The van der Waals surface area contributed by atoms with Crippen LogP contribution in [-0.4, -0.2) is 48.6 Å². The van der Waals surface area contributed by atoms with Crippen molar-refractivity contribution in [3.8, 4) is 11.5 Å². The summed E-state index contributed by atoms with van der Waals surface area (Å²) in [7, 11) is 1.62. The molecule has 25 heavy (non-hydrogen) atoms. The molecule has 0 saturated heterocycles. The first-order valence-corrected chi connectivity index (χ1v) is 7.71. The van der Waals surface area contributed by atoms with Crippen molar-refractivity contribution in [3.05, 3.63) is 30.2 Å². The van der Waals surface area contributed by atoms with E-state index in [9.17, 15) is 0 Å². The summed E-state index contributed by atoms with van der Waals surface area (Å²) in [5.74, 6) is 0.918. The number of hydrogen-bond donors (Lipinski definition) is 2. The van der Waals surface area contributed by atoms with Crippen molar-refractivity contribution < 1.29 is 9.15 Å². The minimum atomic E-state index is 0.410. The molecule has 4 heterocycles. The van der Waals surface area contributed by atoms with Crippen LogP contribution in [0.5, 0.6) is 0 Å². The van der Waals surface area contributed by atoms with Crippen LogP contribution in [0.25, 0.3) is 22.6 Å². The lowest BCUT2D eigenvalue weighted by atomic mass is 10.3. The number of oxazole rings is 1. The number of aromatic nitrogens is 7. The smallest absolute Gasteiger partial charge is 0.184 e. The zero-order valence-corrected chi connectivity index (χ0v) is 13.9. The van der Waals surface area contributed by atoms with Gasteiger partial charge in [0.1, 0.15) is 23.0 Å². The Morgan fingerprint density at radius 2 is 2.28 bits per heavy atom. The Morgan fingerprint density at radius 1 is 1.36 bits per heavy atom. The molecule has 0 aliphatic carbocycles. The second-order valence-electron chi connectivity index (χ2n) is 5.09. The fourth-order valence-electron chi connectivity index (χ4n) is 2.28. The third-order valence-electron chi connectivity index (χ3n) is 3.50. The van der Waals surface area contributed by atoms with Crippen LogP contribution in [0.4, 0.5) is 11.5 Å². The number of methoxy groups -OCH3 is 1. The van der Waals surface area contributed by atoms with E-state index in [1.807, 2.05) is 0 Å². The highest BCUT2D eigenvalue weighted by molar-refractivity contribution is 6.32. The Balaban J connectivity index is 1.72. The standard InChI is InChI=1S/C14H13ClN8O2/c1-24-3-2-23-12(15)9(5-18-23)20-14-11-8(4-17-22-11)19-13(21-14)10-6-25-7-16-10/h4-7H,2-3H2,1H3,(H,17,22)(H,19,20,21). The highest BCUT2D eigenvalue weighted by atomic mass is 35.5. The van der Waals surface area contributed by atoms with Gasteiger partial charge in [0, 0.05) is 7.11 Å². The van der Waals surface area contributed by atoms with Gasteiger partial charge in [-0.15, -0.1) is 0 Å². The molecule has 0 saturated carbocycles. The molecule has 0 aliphatic heterocycles. The van der Waals surface area contributed by atoms with Crippen LogP contribution in [0.2, 0.25) is 5.15 Å². The number of rotatable bonds is 6. The number of nitrogens with zero attached hydrogens (tertiary/aromatic N) is 6. The molecule has 0 atom stereocenters. The molecule has 0 aromatic carbocycles. The Hall–Kier alpha value is -2.98. The van der Waals surface area contributed by atoms with Crippen molar-refractivity contribution in [1.29, 1.82) is 0 Å². The molecule has 11 heteroatoms. The molecule has 0 spiro atoms. The van der Waals surface area contributed by atoms with E-state index in [0.29, 0.717) is 52.4 Å². The van der Waals surface area contributed by atoms with E-state index in [2.05, 4.69) is 35.6 Å². The van der Waals surface area contributed by atoms with Crippen LogP contribution >= 0.6 is 11.6 Å². The summed E-state index contributed by atoms with van der Waals surface area (Å²) in [6.07, 6.45) is 6.02. The Labute approximate surface area is 146 Å². The van der Waals surface area contributed by atoms with Crippen LogP contribution in [0, 0.1) is 0 Å². The molecule has 128 valence electrons. The maximum absolute atomic E-state index is 6.36. The van der Waals surface area contributed by atoms with E-state index in [0.717, 1.165) is 0 Å². The normalized spacial score (nSPS) is 11.3. The van der Waals surface area contributed by atoms with E-state index in [-0.39, 0.29) is 0 Å². The lowest BCUT2D eigenvalue weighted by Crippen LogP contribution is -2.06. The average molecular weight is 361 g/mol. The van der Waals surface area contributed by atoms with E-state index in [1.165, 1.54) is 12.7 Å². The first-order chi connectivity index (χ1) is 12.3. The molecule has 4 aromatic heterocycles. The summed E-state index contributed by atoms with van der Waals surface area (Å²) in [5, 5.41) is 14.7. The summed E-state index contributed by atoms with van der Waals surface area (Å²) in [5.41, 5.74) is 2.41. The maximum Gasteiger partial charge on any atom is 0.184 e. The third kappa shape index (κ3) is 2.92. The van der Waals surface area contributed by atoms with Crippen LogP contribution < -0.4 is 5.32 Å². The average Bonchev–Trinajstić information content (AvgIpc) is 3.35. The maximum atomic E-state index is 6.36. The highest BCUT2D eigenvalue weighted by Crippen LogP contribution is 2.28. The van der Waals surface area contributed by atoms with Gasteiger partial charge >= 0.3 is 0 Å². The van der Waals surface area contributed by atoms with Gasteiger partial charge in [0.15, 0.2) is 23.2 Å². The Morgan fingerprint density at radius 3 is 3.08 bits per heavy atom. The molecule has 0 unspecified atom stereocenters. The zero-order valence-electron chi connectivity index (χ0n) is 13.1. The molecule has 0 aliphatic rings. The lowest BCUT2D eigenvalue weighted by molar-refractivity contribution is 0.183. The van der Waals surface area contributed by atoms with Gasteiger partial charge in [-0.2, -0.15) is 10.2 Å². The molecule has 0 bridgehead atoms. The van der Waals surface area contributed by atoms with E-state index >= 15 is 0 Å². The van der Waals surface area contributed by atoms with Crippen LogP contribution in [0.15, 0.2) is 29.5 Å². The Kier molecular flexibility index (Phi) is 4.04. The van der Waals surface area contributed by atoms with Gasteiger partial charge in [0.05, 0.1) is 31.2 Å². The first kappa shape index (κ1) is 15.5. The third-order valence-corrected chi connectivity index (χ3v) is 3.90. The van der Waals surface area contributed by atoms with Crippen molar-refractivity contribution >= 4 is 34.1 Å². The molecular weight excluding hydrogens is 348 g/mol. The molecule has 10 nitrogen and oxygen atoms in total. The van der Waals surface area contributed by atoms with Crippen LogP contribution in [0.3, 0.4) is 0 Å². The first-order valence-electron chi connectivity index (χ1n) is 7.33. The van der Waals surface area contributed by atoms with Crippen molar-refractivity contribution in [2.45, 2.75) is 6.54 Å². The summed E-state index contributed by atoms with van der Waals surface area (Å²) in [4.78, 5) is 13.0. The number of ether oxygens (including phenoxy) is 1. The summed E-state index contributed by atoms with van der Waals surface area (Å²) in [6.45, 7) is 1.06. The minimum Gasteiger partial charge on any atom is -0.451 e. The van der Waals surface area contributed by atoms with E-state index < -0.39 is 0 Å². The van der Waals surface area contributed by atoms with Gasteiger partial charge < -0.3 is 14.5 Å². The number of H-pyrrole nitrogens is 1. The minimum absolute atomic E-state index is 0.410. The van der Waals surface area contributed by atoms with E-state index in [1.54, 1.807) is 24.2 Å². The number of anilines is 2. The molecule has 4 rings (SSSR count). The molecule has 0 fully saturated rings. The topological polar surface area (TPSA) is 120 Å². The number of hydrogen-bond acceptors (Lipinski definition) is 8. The molecular formula is C14H13ClN8O2. The lowest BCUT2D eigenvalue weighted by Gasteiger charge is -2.07. The van der Waals surface area contributed by atoms with Gasteiger partial charge in [0.25, 0.3) is 0 Å². The quantitative estimate of drug-likeness (QED) is 0.537. The van der Waals surface area contributed by atoms with Crippen LogP contribution in [-0.2, 0) is 11.3 Å². The van der Waals surface area contributed by atoms with Gasteiger partial charge in [-0.3, -0.25) is 5.10 Å². The second-order valence-corrected chi connectivity index (χ2v) is 5.45. The van der Waals surface area contributed by atoms with E-state index in [4.69, 9.17) is 20.8 Å². The molecule has 0 amide bonds. The van der Waals surface area contributed by atoms with Crippen molar-refractivity contribution in [2.75, 3.05) is 19.0 Å². The summed E-state index contributed by atoms with van der Waals surface area (Å²) >= 11 is 6.36. The number of nitrogens with one attached hydrogen (secondary N) is 2. The second kappa shape index (κ2) is 6.49. The molecule has 0 radical (unpaired) electrons. The van der Waals surface area contributed by atoms with Gasteiger partial charge in [-0.05, 0) is 0 Å². The summed E-state index contributed by atoms with van der Waals surface area (Å²) in [6, 6.07) is 0.